The Bertz CT molecular complexity index is 578. The van der Waals surface area contributed by atoms with Crippen LogP contribution in [0, 0.1) is 5.92 Å². The number of nitrogen functional groups attached to an aromatic ring is 1. The van der Waals surface area contributed by atoms with Crippen molar-refractivity contribution in [2.45, 2.75) is 19.3 Å². The van der Waals surface area contributed by atoms with Crippen LogP contribution in [0.25, 0.3) is 16.8 Å². The fraction of sp³-hybridized carbons (Fsp3) is 0.235. The summed E-state index contributed by atoms with van der Waals surface area (Å²) in [6, 6.07) is 12.0. The molecule has 0 amide bonds. The first-order chi connectivity index (χ1) is 9.24. The summed E-state index contributed by atoms with van der Waals surface area (Å²) in [5, 5.41) is 0. The van der Waals surface area contributed by atoms with Crippen LogP contribution in [0.3, 0.4) is 0 Å². The lowest BCUT2D eigenvalue weighted by Crippen LogP contribution is -2.12. The van der Waals surface area contributed by atoms with Gasteiger partial charge in [0.1, 0.15) is 0 Å². The molecule has 0 bridgehead atoms. The third-order valence-corrected chi connectivity index (χ3v) is 3.94. The summed E-state index contributed by atoms with van der Waals surface area (Å²) in [6.45, 7) is 4.20. The van der Waals surface area contributed by atoms with Gasteiger partial charge >= 0.3 is 0 Å². The summed E-state index contributed by atoms with van der Waals surface area (Å²) in [6.07, 6.45) is 5.82. The predicted molar refractivity (Wildman–Crippen MR) is 80.5 cm³/mol. The van der Waals surface area contributed by atoms with Crippen molar-refractivity contribution >= 4 is 11.3 Å². The number of aromatic nitrogens is 1. The van der Waals surface area contributed by atoms with Crippen LogP contribution < -0.4 is 5.73 Å². The minimum Gasteiger partial charge on any atom is -0.399 e. The van der Waals surface area contributed by atoms with Crippen LogP contribution in [-0.4, -0.2) is 4.98 Å². The molecule has 2 nitrogen and oxygen atoms in total. The van der Waals surface area contributed by atoms with Crippen molar-refractivity contribution in [1.29, 1.82) is 0 Å². The van der Waals surface area contributed by atoms with E-state index in [-0.39, 0.29) is 0 Å². The molecule has 1 aliphatic carbocycles. The molecule has 2 N–H and O–H groups in total. The zero-order valence-corrected chi connectivity index (χ0v) is 11.0. The van der Waals surface area contributed by atoms with Gasteiger partial charge in [0.2, 0.25) is 0 Å². The van der Waals surface area contributed by atoms with E-state index in [9.17, 15) is 0 Å². The first-order valence-electron chi connectivity index (χ1n) is 6.75. The molecule has 1 aromatic heterocycles. The van der Waals surface area contributed by atoms with Gasteiger partial charge in [-0.2, -0.15) is 0 Å². The van der Waals surface area contributed by atoms with E-state index in [1.54, 1.807) is 0 Å². The predicted octanol–water partition coefficient (Wildman–Crippen LogP) is 4.14. The smallest absolute Gasteiger partial charge is 0.0702 e. The van der Waals surface area contributed by atoms with E-state index in [4.69, 9.17) is 5.73 Å². The number of allylic oxidation sites excluding steroid dienone is 1. The van der Waals surface area contributed by atoms with Crippen molar-refractivity contribution in [1.82, 2.24) is 4.98 Å². The Kier molecular flexibility index (Phi) is 3.08. The SMILES string of the molecule is C=C(c1ccc(-c2ccc(N)cc2)nc1)C1CCC1. The van der Waals surface area contributed by atoms with E-state index < -0.39 is 0 Å². The molecule has 1 aliphatic rings. The Balaban J connectivity index is 1.82. The molecular weight excluding hydrogens is 232 g/mol. The van der Waals surface area contributed by atoms with Gasteiger partial charge in [-0.05, 0) is 48.1 Å². The quantitative estimate of drug-likeness (QED) is 0.831. The second-order valence-corrected chi connectivity index (χ2v) is 5.21. The fourth-order valence-corrected chi connectivity index (χ4v) is 2.40. The van der Waals surface area contributed by atoms with Gasteiger partial charge in [-0.15, -0.1) is 0 Å². The van der Waals surface area contributed by atoms with E-state index in [1.165, 1.54) is 30.4 Å². The second-order valence-electron chi connectivity index (χ2n) is 5.21. The van der Waals surface area contributed by atoms with Crippen molar-refractivity contribution in [2.24, 2.45) is 5.92 Å². The summed E-state index contributed by atoms with van der Waals surface area (Å²) in [5.41, 5.74) is 10.9. The van der Waals surface area contributed by atoms with Crippen molar-refractivity contribution < 1.29 is 0 Å². The topological polar surface area (TPSA) is 38.9 Å². The molecule has 0 saturated heterocycles. The first-order valence-corrected chi connectivity index (χ1v) is 6.75. The largest absolute Gasteiger partial charge is 0.399 e. The van der Waals surface area contributed by atoms with Crippen LogP contribution >= 0.6 is 0 Å². The van der Waals surface area contributed by atoms with Crippen molar-refractivity contribution in [2.75, 3.05) is 5.73 Å². The Morgan fingerprint density at radius 1 is 1.11 bits per heavy atom. The number of hydrogen-bond acceptors (Lipinski definition) is 2. The third kappa shape index (κ3) is 2.39. The van der Waals surface area contributed by atoms with Crippen LogP contribution in [0.15, 0.2) is 49.2 Å². The maximum absolute atomic E-state index is 5.69. The number of hydrogen-bond donors (Lipinski definition) is 1. The van der Waals surface area contributed by atoms with E-state index in [0.29, 0.717) is 5.92 Å². The highest BCUT2D eigenvalue weighted by Crippen LogP contribution is 2.37. The van der Waals surface area contributed by atoms with Gasteiger partial charge in [0.15, 0.2) is 0 Å². The molecule has 0 unspecified atom stereocenters. The minimum atomic E-state index is 0.671. The average molecular weight is 250 g/mol. The molecular formula is C17H18N2. The lowest BCUT2D eigenvalue weighted by Gasteiger charge is -2.27. The monoisotopic (exact) mass is 250 g/mol. The van der Waals surface area contributed by atoms with Crippen molar-refractivity contribution in [3.05, 3.63) is 54.7 Å². The third-order valence-electron chi connectivity index (χ3n) is 3.94. The molecule has 1 aromatic carbocycles. The number of rotatable bonds is 3. The van der Waals surface area contributed by atoms with Gasteiger partial charge in [0, 0.05) is 17.4 Å². The Hall–Kier alpha value is -2.09. The number of pyridine rings is 1. The average Bonchev–Trinajstić information content (AvgIpc) is 2.38. The first kappa shape index (κ1) is 12.0. The van der Waals surface area contributed by atoms with Crippen LogP contribution in [0.4, 0.5) is 5.69 Å². The van der Waals surface area contributed by atoms with Crippen LogP contribution in [-0.2, 0) is 0 Å². The Labute approximate surface area is 114 Å². The molecule has 1 saturated carbocycles. The highest BCUT2D eigenvalue weighted by Gasteiger charge is 2.21. The van der Waals surface area contributed by atoms with Crippen molar-refractivity contribution in [3.8, 4) is 11.3 Å². The van der Waals surface area contributed by atoms with Gasteiger partial charge in [-0.3, -0.25) is 4.98 Å². The zero-order valence-electron chi connectivity index (χ0n) is 11.0. The standard InChI is InChI=1S/C17H18N2/c1-12(13-3-2-4-13)15-7-10-17(19-11-15)14-5-8-16(18)9-6-14/h5-11,13H,1-4,18H2. The molecule has 19 heavy (non-hydrogen) atoms. The molecule has 0 radical (unpaired) electrons. The molecule has 0 atom stereocenters. The fourth-order valence-electron chi connectivity index (χ4n) is 2.40. The van der Waals surface area contributed by atoms with Crippen molar-refractivity contribution in [3.63, 3.8) is 0 Å². The van der Waals surface area contributed by atoms with Gasteiger partial charge < -0.3 is 5.73 Å². The molecule has 2 aromatic rings. The van der Waals surface area contributed by atoms with Gasteiger partial charge in [0.25, 0.3) is 0 Å². The number of benzene rings is 1. The Morgan fingerprint density at radius 3 is 2.37 bits per heavy atom. The summed E-state index contributed by atoms with van der Waals surface area (Å²) in [7, 11) is 0. The summed E-state index contributed by atoms with van der Waals surface area (Å²) in [5.74, 6) is 0.671. The second kappa shape index (κ2) is 4.88. The number of nitrogens with zero attached hydrogens (tertiary/aromatic N) is 1. The van der Waals surface area contributed by atoms with Crippen LogP contribution in [0.1, 0.15) is 24.8 Å². The van der Waals surface area contributed by atoms with E-state index in [2.05, 4.69) is 23.7 Å². The summed E-state index contributed by atoms with van der Waals surface area (Å²) >= 11 is 0. The minimum absolute atomic E-state index is 0.671. The Morgan fingerprint density at radius 2 is 1.84 bits per heavy atom. The molecule has 3 rings (SSSR count). The normalized spacial score (nSPS) is 14.9. The maximum Gasteiger partial charge on any atom is 0.0702 e. The lowest BCUT2D eigenvalue weighted by atomic mass is 9.78. The summed E-state index contributed by atoms with van der Waals surface area (Å²) in [4.78, 5) is 4.54. The number of nitrogens with two attached hydrogens (primary N) is 1. The van der Waals surface area contributed by atoms with Crippen LogP contribution in [0.5, 0.6) is 0 Å². The molecule has 0 spiro atoms. The highest BCUT2D eigenvalue weighted by molar-refractivity contribution is 5.68. The molecule has 0 aliphatic heterocycles. The zero-order chi connectivity index (χ0) is 13.2. The molecule has 2 heteroatoms. The molecule has 1 heterocycles. The van der Waals surface area contributed by atoms with E-state index in [0.717, 1.165) is 16.9 Å². The van der Waals surface area contributed by atoms with E-state index in [1.807, 2.05) is 30.5 Å². The summed E-state index contributed by atoms with van der Waals surface area (Å²) < 4.78 is 0. The number of anilines is 1. The van der Waals surface area contributed by atoms with Gasteiger partial charge in [0.05, 0.1) is 5.69 Å². The van der Waals surface area contributed by atoms with E-state index >= 15 is 0 Å². The lowest BCUT2D eigenvalue weighted by molar-refractivity contribution is 0.401. The van der Waals surface area contributed by atoms with Crippen LogP contribution in [0.2, 0.25) is 0 Å². The molecule has 1 fully saturated rings. The molecule has 96 valence electrons. The highest BCUT2D eigenvalue weighted by atomic mass is 14.7. The van der Waals surface area contributed by atoms with Gasteiger partial charge in [-0.25, -0.2) is 0 Å². The van der Waals surface area contributed by atoms with Gasteiger partial charge in [-0.1, -0.05) is 31.2 Å². The maximum atomic E-state index is 5.69.